The zero-order chi connectivity index (χ0) is 19.5. The molecule has 0 radical (unpaired) electrons. The SMILES string of the molecule is O=C(Nc1ccc(Br)cc1C(=O)c1ccccc1)c1ccc2c(c1)CCCC2. The van der Waals surface area contributed by atoms with Gasteiger partial charge in [0, 0.05) is 21.2 Å². The number of aryl methyl sites for hydroxylation is 2. The van der Waals surface area contributed by atoms with Crippen LogP contribution in [-0.4, -0.2) is 11.7 Å². The topological polar surface area (TPSA) is 46.2 Å². The Labute approximate surface area is 172 Å². The lowest BCUT2D eigenvalue weighted by atomic mass is 9.90. The summed E-state index contributed by atoms with van der Waals surface area (Å²) in [5.41, 5.74) is 4.79. The van der Waals surface area contributed by atoms with E-state index in [9.17, 15) is 9.59 Å². The number of carbonyl (C=O) groups is 2. The summed E-state index contributed by atoms with van der Waals surface area (Å²) in [7, 11) is 0. The second kappa shape index (κ2) is 8.11. The van der Waals surface area contributed by atoms with Crippen LogP contribution in [0.4, 0.5) is 5.69 Å². The van der Waals surface area contributed by atoms with Crippen molar-refractivity contribution in [3.8, 4) is 0 Å². The Balaban J connectivity index is 1.63. The minimum atomic E-state index is -0.196. The third-order valence-electron chi connectivity index (χ3n) is 5.12. The number of fused-ring (bicyclic) bond motifs is 1. The number of rotatable bonds is 4. The number of ketones is 1. The van der Waals surface area contributed by atoms with Crippen molar-refractivity contribution in [2.75, 3.05) is 5.32 Å². The summed E-state index contributed by atoms with van der Waals surface area (Å²) < 4.78 is 0.790. The molecule has 0 aliphatic heterocycles. The lowest BCUT2D eigenvalue weighted by Gasteiger charge is -2.17. The van der Waals surface area contributed by atoms with E-state index in [-0.39, 0.29) is 11.7 Å². The molecule has 3 aromatic carbocycles. The van der Waals surface area contributed by atoms with Crippen LogP contribution in [0.1, 0.15) is 50.2 Å². The van der Waals surface area contributed by atoms with E-state index in [1.165, 1.54) is 24.0 Å². The van der Waals surface area contributed by atoms with Gasteiger partial charge in [0.1, 0.15) is 0 Å². The molecule has 0 saturated heterocycles. The second-order valence-corrected chi connectivity index (χ2v) is 7.95. The van der Waals surface area contributed by atoms with Crippen LogP contribution >= 0.6 is 15.9 Å². The summed E-state index contributed by atoms with van der Waals surface area (Å²) in [5, 5.41) is 2.93. The summed E-state index contributed by atoms with van der Waals surface area (Å²) in [6.07, 6.45) is 4.48. The second-order valence-electron chi connectivity index (χ2n) is 7.03. The molecule has 4 heteroatoms. The maximum Gasteiger partial charge on any atom is 0.255 e. The van der Waals surface area contributed by atoms with E-state index in [0.29, 0.717) is 22.4 Å². The molecule has 3 nitrogen and oxygen atoms in total. The van der Waals surface area contributed by atoms with E-state index in [4.69, 9.17) is 0 Å². The third-order valence-corrected chi connectivity index (χ3v) is 5.61. The molecular weight excluding hydrogens is 414 g/mol. The number of carbonyl (C=O) groups excluding carboxylic acids is 2. The van der Waals surface area contributed by atoms with Crippen LogP contribution in [-0.2, 0) is 12.8 Å². The molecule has 140 valence electrons. The van der Waals surface area contributed by atoms with Crippen molar-refractivity contribution in [1.29, 1.82) is 0 Å². The fraction of sp³-hybridized carbons (Fsp3) is 0.167. The molecule has 0 saturated carbocycles. The normalized spacial score (nSPS) is 12.9. The Morgan fingerprint density at radius 1 is 0.786 bits per heavy atom. The predicted molar refractivity (Wildman–Crippen MR) is 115 cm³/mol. The van der Waals surface area contributed by atoms with Gasteiger partial charge in [-0.2, -0.15) is 0 Å². The van der Waals surface area contributed by atoms with Crippen molar-refractivity contribution in [3.05, 3.63) is 99.0 Å². The first-order chi connectivity index (χ1) is 13.6. The molecule has 0 bridgehead atoms. The maximum absolute atomic E-state index is 13.0. The number of benzene rings is 3. The molecule has 0 atom stereocenters. The Bertz CT molecular complexity index is 1040. The van der Waals surface area contributed by atoms with Crippen molar-refractivity contribution in [2.45, 2.75) is 25.7 Å². The molecule has 0 heterocycles. The molecule has 3 aromatic rings. The molecule has 0 aromatic heterocycles. The summed E-state index contributed by atoms with van der Waals surface area (Å²) >= 11 is 3.42. The smallest absolute Gasteiger partial charge is 0.255 e. The summed E-state index contributed by atoms with van der Waals surface area (Å²) in [5.74, 6) is -0.319. The van der Waals surface area contributed by atoms with Crippen molar-refractivity contribution < 1.29 is 9.59 Å². The highest BCUT2D eigenvalue weighted by Gasteiger charge is 2.18. The fourth-order valence-corrected chi connectivity index (χ4v) is 3.99. The number of amides is 1. The van der Waals surface area contributed by atoms with Crippen molar-refractivity contribution in [3.63, 3.8) is 0 Å². The van der Waals surface area contributed by atoms with Gasteiger partial charge in [-0.1, -0.05) is 52.3 Å². The molecule has 1 amide bonds. The highest BCUT2D eigenvalue weighted by molar-refractivity contribution is 9.10. The van der Waals surface area contributed by atoms with Crippen LogP contribution in [0.2, 0.25) is 0 Å². The highest BCUT2D eigenvalue weighted by Crippen LogP contribution is 2.26. The number of anilines is 1. The number of hydrogen-bond acceptors (Lipinski definition) is 2. The molecule has 4 rings (SSSR count). The zero-order valence-electron chi connectivity index (χ0n) is 15.4. The molecule has 1 aliphatic rings. The van der Waals surface area contributed by atoms with Gasteiger partial charge in [0.15, 0.2) is 5.78 Å². The largest absolute Gasteiger partial charge is 0.321 e. The lowest BCUT2D eigenvalue weighted by molar-refractivity contribution is 0.102. The van der Waals surface area contributed by atoms with E-state index >= 15 is 0 Å². The fourth-order valence-electron chi connectivity index (χ4n) is 3.63. The van der Waals surface area contributed by atoms with Gasteiger partial charge in [-0.3, -0.25) is 9.59 Å². The van der Waals surface area contributed by atoms with Gasteiger partial charge in [0.25, 0.3) is 5.91 Å². The zero-order valence-corrected chi connectivity index (χ0v) is 17.0. The lowest BCUT2D eigenvalue weighted by Crippen LogP contribution is -2.16. The standard InChI is InChI=1S/C24H20BrNO2/c25-20-12-13-22(21(15-20)23(27)17-7-2-1-3-8-17)26-24(28)19-11-10-16-6-4-5-9-18(16)14-19/h1-3,7-8,10-15H,4-6,9H2,(H,26,28). The van der Waals surface area contributed by atoms with Gasteiger partial charge in [-0.25, -0.2) is 0 Å². The van der Waals surface area contributed by atoms with E-state index in [1.807, 2.05) is 36.4 Å². The van der Waals surface area contributed by atoms with E-state index < -0.39 is 0 Å². The molecule has 0 fully saturated rings. The Morgan fingerprint density at radius 3 is 2.32 bits per heavy atom. The molecule has 0 spiro atoms. The van der Waals surface area contributed by atoms with E-state index in [2.05, 4.69) is 27.3 Å². The van der Waals surface area contributed by atoms with Crippen LogP contribution in [0.3, 0.4) is 0 Å². The van der Waals surface area contributed by atoms with Crippen LogP contribution in [0.15, 0.2) is 71.2 Å². The van der Waals surface area contributed by atoms with E-state index in [1.54, 1.807) is 24.3 Å². The predicted octanol–water partition coefficient (Wildman–Crippen LogP) is 5.81. The Kier molecular flexibility index (Phi) is 5.40. The first-order valence-electron chi connectivity index (χ1n) is 9.44. The number of nitrogens with one attached hydrogen (secondary N) is 1. The first kappa shape index (κ1) is 18.6. The molecular formula is C24H20BrNO2. The van der Waals surface area contributed by atoms with Crippen molar-refractivity contribution >= 4 is 33.3 Å². The van der Waals surface area contributed by atoms with Gasteiger partial charge < -0.3 is 5.32 Å². The Hall–Kier alpha value is -2.72. The van der Waals surface area contributed by atoms with Crippen LogP contribution in [0.25, 0.3) is 0 Å². The van der Waals surface area contributed by atoms with Crippen LogP contribution in [0, 0.1) is 0 Å². The van der Waals surface area contributed by atoms with Crippen LogP contribution < -0.4 is 5.32 Å². The van der Waals surface area contributed by atoms with Gasteiger partial charge in [0.2, 0.25) is 0 Å². The van der Waals surface area contributed by atoms with Crippen molar-refractivity contribution in [1.82, 2.24) is 0 Å². The average molecular weight is 434 g/mol. The Morgan fingerprint density at radius 2 is 1.54 bits per heavy atom. The molecule has 0 unspecified atom stereocenters. The first-order valence-corrected chi connectivity index (χ1v) is 10.2. The van der Waals surface area contributed by atoms with Gasteiger partial charge in [-0.15, -0.1) is 0 Å². The average Bonchev–Trinajstić information content (AvgIpc) is 2.74. The summed E-state index contributed by atoms with van der Waals surface area (Å²) in [4.78, 5) is 25.8. The van der Waals surface area contributed by atoms with Gasteiger partial charge >= 0.3 is 0 Å². The number of halogens is 1. The minimum absolute atomic E-state index is 0.123. The number of hydrogen-bond donors (Lipinski definition) is 1. The quantitative estimate of drug-likeness (QED) is 0.527. The van der Waals surface area contributed by atoms with Crippen molar-refractivity contribution in [2.24, 2.45) is 0 Å². The van der Waals surface area contributed by atoms with Gasteiger partial charge in [0.05, 0.1) is 5.69 Å². The van der Waals surface area contributed by atoms with E-state index in [0.717, 1.165) is 17.3 Å². The molecule has 1 aliphatic carbocycles. The van der Waals surface area contributed by atoms with Gasteiger partial charge in [-0.05, 0) is 67.1 Å². The maximum atomic E-state index is 13.0. The minimum Gasteiger partial charge on any atom is -0.321 e. The monoisotopic (exact) mass is 433 g/mol. The summed E-state index contributed by atoms with van der Waals surface area (Å²) in [6.45, 7) is 0. The highest BCUT2D eigenvalue weighted by atomic mass is 79.9. The van der Waals surface area contributed by atoms with Crippen LogP contribution in [0.5, 0.6) is 0 Å². The molecule has 28 heavy (non-hydrogen) atoms. The molecule has 1 N–H and O–H groups in total. The summed E-state index contributed by atoms with van der Waals surface area (Å²) in [6, 6.07) is 20.3. The third kappa shape index (κ3) is 3.92.